The van der Waals surface area contributed by atoms with E-state index in [1.165, 1.54) is 0 Å². The van der Waals surface area contributed by atoms with E-state index in [9.17, 15) is 0 Å². The molecule has 7 heteroatoms. The maximum absolute atomic E-state index is 7.61. The molecule has 1 heterocycles. The average Bonchev–Trinajstić information content (AvgIpc) is 2.41. The number of guanidine groups is 1. The van der Waals surface area contributed by atoms with Crippen molar-refractivity contribution in [3.05, 3.63) is 29.6 Å². The zero-order chi connectivity index (χ0) is 15.0. The second-order valence-electron chi connectivity index (χ2n) is 4.28. The van der Waals surface area contributed by atoms with Gasteiger partial charge in [0.25, 0.3) is 0 Å². The lowest BCUT2D eigenvalue weighted by Gasteiger charge is -2.24. The number of nitrogens with one attached hydrogen (secondary N) is 2. The summed E-state index contributed by atoms with van der Waals surface area (Å²) in [6, 6.07) is 3.91. The summed E-state index contributed by atoms with van der Waals surface area (Å²) in [5, 5.41) is 11.0. The molecule has 1 aromatic heterocycles. The highest BCUT2D eigenvalue weighted by Crippen LogP contribution is 2.05. The van der Waals surface area contributed by atoms with Crippen LogP contribution >= 0.6 is 12.2 Å². The lowest BCUT2D eigenvalue weighted by Crippen LogP contribution is -2.48. The summed E-state index contributed by atoms with van der Waals surface area (Å²) in [7, 11) is 1.62. The van der Waals surface area contributed by atoms with Crippen LogP contribution in [0.4, 0.5) is 0 Å². The Morgan fingerprint density at radius 3 is 2.95 bits per heavy atom. The first kappa shape index (κ1) is 16.3. The molecule has 20 heavy (non-hydrogen) atoms. The molecule has 0 atom stereocenters. The van der Waals surface area contributed by atoms with Gasteiger partial charge in [0.1, 0.15) is 0 Å². The van der Waals surface area contributed by atoms with Gasteiger partial charge in [-0.2, -0.15) is 0 Å². The van der Waals surface area contributed by atoms with Crippen LogP contribution in [0, 0.1) is 12.3 Å². The van der Waals surface area contributed by atoms with Crippen LogP contribution < -0.4 is 11.1 Å². The Hall–Kier alpha value is -1.73. The zero-order valence-electron chi connectivity index (χ0n) is 11.8. The number of hydrogen-bond donors (Lipinski definition) is 3. The van der Waals surface area contributed by atoms with E-state index in [0.717, 1.165) is 11.3 Å². The van der Waals surface area contributed by atoms with Crippen LogP contribution in [0.1, 0.15) is 11.3 Å². The molecule has 0 radical (unpaired) electrons. The van der Waals surface area contributed by atoms with E-state index in [1.807, 2.05) is 19.1 Å². The molecule has 0 aliphatic carbocycles. The smallest absolute Gasteiger partial charge is 0.194 e. The highest BCUT2D eigenvalue weighted by atomic mass is 32.1. The molecule has 0 aliphatic rings. The Balaban J connectivity index is 2.57. The first-order valence-electron chi connectivity index (χ1n) is 6.35. The van der Waals surface area contributed by atoms with Crippen LogP contribution in [-0.2, 0) is 11.2 Å². The summed E-state index contributed by atoms with van der Waals surface area (Å²) in [5.41, 5.74) is 7.68. The molecule has 0 bridgehead atoms. The van der Waals surface area contributed by atoms with Crippen molar-refractivity contribution < 1.29 is 4.74 Å². The van der Waals surface area contributed by atoms with Gasteiger partial charge in [0.2, 0.25) is 0 Å². The van der Waals surface area contributed by atoms with Gasteiger partial charge in [-0.15, -0.1) is 0 Å². The molecular weight excluding hydrogens is 274 g/mol. The van der Waals surface area contributed by atoms with E-state index >= 15 is 0 Å². The molecule has 1 aromatic rings. The molecule has 0 fully saturated rings. The van der Waals surface area contributed by atoms with Gasteiger partial charge in [-0.25, -0.2) is 0 Å². The number of hydrogen-bond acceptors (Lipinski definition) is 4. The molecule has 110 valence electrons. The van der Waals surface area contributed by atoms with E-state index in [1.54, 1.807) is 18.2 Å². The summed E-state index contributed by atoms with van der Waals surface area (Å²) >= 11 is 5.23. The molecule has 0 spiro atoms. The fourth-order valence-corrected chi connectivity index (χ4v) is 1.98. The third-order valence-electron chi connectivity index (χ3n) is 2.81. The third kappa shape index (κ3) is 5.10. The first-order valence-corrected chi connectivity index (χ1v) is 6.76. The molecule has 0 aromatic carbocycles. The van der Waals surface area contributed by atoms with Crippen LogP contribution in [0.15, 0.2) is 18.3 Å². The SMILES string of the molecule is COCCNC(=S)N(CCc1ncccc1C)C(=N)N. The average molecular weight is 295 g/mol. The van der Waals surface area contributed by atoms with Crippen molar-refractivity contribution in [3.63, 3.8) is 0 Å². The van der Waals surface area contributed by atoms with Crippen molar-refractivity contribution in [2.45, 2.75) is 13.3 Å². The van der Waals surface area contributed by atoms with Crippen LogP contribution in [0.2, 0.25) is 0 Å². The highest BCUT2D eigenvalue weighted by Gasteiger charge is 2.13. The second-order valence-corrected chi connectivity index (χ2v) is 4.67. The van der Waals surface area contributed by atoms with E-state index in [-0.39, 0.29) is 5.96 Å². The fourth-order valence-electron chi connectivity index (χ4n) is 1.68. The van der Waals surface area contributed by atoms with E-state index in [2.05, 4.69) is 10.3 Å². The highest BCUT2D eigenvalue weighted by molar-refractivity contribution is 7.80. The van der Waals surface area contributed by atoms with Crippen LogP contribution in [0.25, 0.3) is 0 Å². The van der Waals surface area contributed by atoms with Gasteiger partial charge in [-0.1, -0.05) is 6.07 Å². The predicted octanol–water partition coefficient (Wildman–Crippen LogP) is 0.649. The van der Waals surface area contributed by atoms with Gasteiger partial charge >= 0.3 is 0 Å². The first-order chi connectivity index (χ1) is 9.56. The number of nitrogens with two attached hydrogens (primary N) is 1. The van der Waals surface area contributed by atoms with Gasteiger partial charge in [0.05, 0.1) is 6.61 Å². The largest absolute Gasteiger partial charge is 0.383 e. The van der Waals surface area contributed by atoms with Gasteiger partial charge in [0, 0.05) is 38.5 Å². The maximum Gasteiger partial charge on any atom is 0.194 e. The minimum absolute atomic E-state index is 0.0755. The summed E-state index contributed by atoms with van der Waals surface area (Å²) in [4.78, 5) is 5.88. The van der Waals surface area contributed by atoms with Crippen LogP contribution in [0.3, 0.4) is 0 Å². The Bertz CT molecular complexity index is 466. The molecule has 0 saturated heterocycles. The topological polar surface area (TPSA) is 87.3 Å². The minimum atomic E-state index is -0.0755. The minimum Gasteiger partial charge on any atom is -0.383 e. The molecule has 4 N–H and O–H groups in total. The van der Waals surface area contributed by atoms with Gasteiger partial charge < -0.3 is 15.8 Å². The zero-order valence-corrected chi connectivity index (χ0v) is 12.7. The van der Waals surface area contributed by atoms with Crippen molar-refractivity contribution in [2.75, 3.05) is 26.8 Å². The number of ether oxygens (including phenoxy) is 1. The summed E-state index contributed by atoms with van der Waals surface area (Å²) in [5.74, 6) is -0.0755. The monoisotopic (exact) mass is 295 g/mol. The van der Waals surface area contributed by atoms with Gasteiger partial charge in [-0.3, -0.25) is 15.3 Å². The van der Waals surface area contributed by atoms with Gasteiger partial charge in [0.15, 0.2) is 11.1 Å². The maximum atomic E-state index is 7.61. The fraction of sp³-hybridized carbons (Fsp3) is 0.462. The summed E-state index contributed by atoms with van der Waals surface area (Å²) < 4.78 is 4.94. The molecule has 0 unspecified atom stereocenters. The number of methoxy groups -OCH3 is 1. The van der Waals surface area contributed by atoms with Gasteiger partial charge in [-0.05, 0) is 30.8 Å². The lowest BCUT2D eigenvalue weighted by molar-refractivity contribution is 0.203. The third-order valence-corrected chi connectivity index (χ3v) is 3.17. The number of pyridine rings is 1. The van der Waals surface area contributed by atoms with Crippen LogP contribution in [-0.4, -0.2) is 47.8 Å². The number of aromatic nitrogens is 1. The van der Waals surface area contributed by atoms with Crippen molar-refractivity contribution in [1.82, 2.24) is 15.2 Å². The quantitative estimate of drug-likeness (QED) is 0.309. The van der Waals surface area contributed by atoms with Crippen molar-refractivity contribution in [3.8, 4) is 0 Å². The number of thiocarbonyl (C=S) groups is 1. The van der Waals surface area contributed by atoms with Crippen LogP contribution in [0.5, 0.6) is 0 Å². The molecule has 0 saturated carbocycles. The van der Waals surface area contributed by atoms with E-state index < -0.39 is 0 Å². The summed E-state index contributed by atoms with van der Waals surface area (Å²) in [6.45, 7) is 3.66. The Morgan fingerprint density at radius 2 is 2.35 bits per heavy atom. The van der Waals surface area contributed by atoms with Crippen molar-refractivity contribution in [1.29, 1.82) is 5.41 Å². The molecule has 0 amide bonds. The molecule has 1 rings (SSSR count). The predicted molar refractivity (Wildman–Crippen MR) is 83.8 cm³/mol. The Labute approximate surface area is 124 Å². The number of aryl methyl sites for hydroxylation is 1. The van der Waals surface area contributed by atoms with E-state index in [4.69, 9.17) is 28.1 Å². The molecular formula is C13H21N5OS. The number of rotatable bonds is 6. The number of nitrogens with zero attached hydrogens (tertiary/aromatic N) is 2. The van der Waals surface area contributed by atoms with E-state index in [0.29, 0.717) is 31.2 Å². The van der Waals surface area contributed by atoms with Crippen molar-refractivity contribution in [2.24, 2.45) is 5.73 Å². The lowest BCUT2D eigenvalue weighted by atomic mass is 10.1. The standard InChI is InChI=1S/C13H21N5OS/c1-10-4-3-6-16-11(10)5-8-18(12(14)15)13(20)17-7-9-19-2/h3-4,6H,5,7-9H2,1-2H3,(H3,14,15)(H,17,20). The molecule has 0 aliphatic heterocycles. The normalized spacial score (nSPS) is 10.1. The Morgan fingerprint density at radius 1 is 1.60 bits per heavy atom. The Kier molecular flexibility index (Phi) is 6.89. The summed E-state index contributed by atoms with van der Waals surface area (Å²) in [6.07, 6.45) is 2.44. The molecule has 6 nitrogen and oxygen atoms in total. The van der Waals surface area contributed by atoms with Crippen molar-refractivity contribution >= 4 is 23.3 Å². The second kappa shape index (κ2) is 8.44.